The summed E-state index contributed by atoms with van der Waals surface area (Å²) in [7, 11) is 0. The van der Waals surface area contributed by atoms with Crippen molar-refractivity contribution in [3.63, 3.8) is 0 Å². The van der Waals surface area contributed by atoms with E-state index in [1.54, 1.807) is 22.0 Å². The number of imidazole rings is 2. The maximum atomic E-state index is 5.76. The number of nitrogen functional groups attached to an aromatic ring is 2. The molecule has 0 saturated carbocycles. The normalized spacial score (nSPS) is 9.91. The number of hydrogen-bond donors (Lipinski definition) is 2. The molecule has 4 aromatic rings. The summed E-state index contributed by atoms with van der Waals surface area (Å²) in [5.74, 6) is 0.625. The first kappa shape index (κ1) is 21.0. The zero-order valence-electron chi connectivity index (χ0n) is 16.7. The van der Waals surface area contributed by atoms with Gasteiger partial charge in [-0.25, -0.2) is 39.3 Å². The fourth-order valence-electron chi connectivity index (χ4n) is 2.00. The first-order valence-electron chi connectivity index (χ1n) is 5.63. The summed E-state index contributed by atoms with van der Waals surface area (Å²) in [6.07, 6.45) is 5.88. The first-order valence-corrected chi connectivity index (χ1v) is 5.63. The zero-order chi connectivity index (χ0) is 13.7. The second kappa shape index (κ2) is 8.37. The Kier molecular flexibility index (Phi) is 7.64. The van der Waals surface area contributed by atoms with Crippen molar-refractivity contribution in [3.05, 3.63) is 25.3 Å². The van der Waals surface area contributed by atoms with Gasteiger partial charge in [0.2, 0.25) is 0 Å². The molecule has 13 heteroatoms. The predicted molar refractivity (Wildman–Crippen MR) is 80.5 cm³/mol. The molecule has 0 saturated heterocycles. The van der Waals surface area contributed by atoms with E-state index in [0.29, 0.717) is 34.0 Å². The minimum absolute atomic E-state index is 0. The number of fused-ring (bicyclic) bond motifs is 2. The van der Waals surface area contributed by atoms with E-state index in [0.717, 1.165) is 0 Å². The fraction of sp³-hybridized carbons (Fsp3) is 0. The second-order valence-corrected chi connectivity index (χ2v) is 4.04. The quantitative estimate of drug-likeness (QED) is 0.320. The smallest absolute Gasteiger partial charge is 1.00 e. The molecule has 0 atom stereocenters. The first-order chi connectivity index (χ1) is 9.75. The van der Waals surface area contributed by atoms with E-state index in [1.807, 2.05) is 0 Å². The van der Waals surface area contributed by atoms with E-state index in [2.05, 4.69) is 29.9 Å². The molecule has 0 aromatic carbocycles. The minimum Gasteiger partial charge on any atom is -1.00 e. The van der Waals surface area contributed by atoms with Crippen LogP contribution in [0.1, 0.15) is 5.71 Å². The SMILES string of the molecule is Nc1ncnc2c1ncn2-n1cnc2c(N)ncnc21.[Ca+2].[H-].[H-].[H-].[H-].[Na+].[Na+]. The van der Waals surface area contributed by atoms with Crippen molar-refractivity contribution in [2.45, 2.75) is 0 Å². The molecule has 4 aromatic heterocycles. The van der Waals surface area contributed by atoms with Gasteiger partial charge in [0.05, 0.1) is 0 Å². The number of anilines is 2. The molecule has 0 amide bonds. The van der Waals surface area contributed by atoms with Crippen molar-refractivity contribution < 1.29 is 64.8 Å². The molecular formula is C10H12CaN10Na2. The van der Waals surface area contributed by atoms with Gasteiger partial charge in [-0.2, -0.15) is 0 Å². The molecule has 0 unspecified atom stereocenters. The Hall–Kier alpha value is -0.0403. The Morgan fingerprint density at radius 2 is 1.09 bits per heavy atom. The van der Waals surface area contributed by atoms with Gasteiger partial charge in [0, 0.05) is 0 Å². The van der Waals surface area contributed by atoms with Crippen LogP contribution in [0.25, 0.3) is 22.3 Å². The summed E-state index contributed by atoms with van der Waals surface area (Å²) in [4.78, 5) is 24.5. The molecular weight excluding hydrogens is 346 g/mol. The Morgan fingerprint density at radius 1 is 0.696 bits per heavy atom. The molecule has 0 fully saturated rings. The number of nitrogens with two attached hydrogens (primary N) is 2. The van der Waals surface area contributed by atoms with Gasteiger partial charge in [-0.15, -0.1) is 0 Å². The van der Waals surface area contributed by atoms with Crippen LogP contribution in [-0.2, 0) is 0 Å². The number of hydrogen-bond acceptors (Lipinski definition) is 8. The van der Waals surface area contributed by atoms with E-state index in [9.17, 15) is 0 Å². The fourth-order valence-corrected chi connectivity index (χ4v) is 2.00. The van der Waals surface area contributed by atoms with E-state index >= 15 is 0 Å². The molecule has 4 N–H and O–H groups in total. The van der Waals surface area contributed by atoms with Crippen molar-refractivity contribution in [1.29, 1.82) is 0 Å². The molecule has 0 aliphatic carbocycles. The third kappa shape index (κ3) is 3.51. The number of aromatic nitrogens is 8. The van der Waals surface area contributed by atoms with Crippen LogP contribution in [0.3, 0.4) is 0 Å². The van der Waals surface area contributed by atoms with Gasteiger partial charge in [-0.3, -0.25) is 0 Å². The maximum Gasteiger partial charge on any atom is 2.00 e. The van der Waals surface area contributed by atoms with Crippen LogP contribution in [0, 0.1) is 0 Å². The second-order valence-electron chi connectivity index (χ2n) is 4.04. The molecule has 0 aliphatic rings. The van der Waals surface area contributed by atoms with Crippen LogP contribution < -0.4 is 70.6 Å². The summed E-state index contributed by atoms with van der Waals surface area (Å²) in [6.45, 7) is 0. The number of rotatable bonds is 1. The standard InChI is InChI=1S/C10H8N10.Ca.2Na.4H/c11-7-5-9(15-1-13-7)19(3-17-5)20-4-18-6-8(12)14-2-16-10(6)20;;;;;;;/h1-4H,(H2,11,13,15)(H2,12,14,16);;;;;;;/q;+2;2*+1;4*-1. The van der Waals surface area contributed by atoms with Gasteiger partial charge in [0.15, 0.2) is 34.0 Å². The van der Waals surface area contributed by atoms with Crippen molar-refractivity contribution in [3.8, 4) is 0 Å². The van der Waals surface area contributed by atoms with E-state index in [4.69, 9.17) is 11.5 Å². The van der Waals surface area contributed by atoms with E-state index in [-0.39, 0.29) is 103 Å². The third-order valence-corrected chi connectivity index (χ3v) is 2.92. The van der Waals surface area contributed by atoms with Crippen molar-refractivity contribution in [2.24, 2.45) is 0 Å². The topological polar surface area (TPSA) is 139 Å². The molecule has 4 heterocycles. The van der Waals surface area contributed by atoms with E-state index < -0.39 is 0 Å². The molecule has 0 bridgehead atoms. The van der Waals surface area contributed by atoms with Crippen LogP contribution >= 0.6 is 0 Å². The Morgan fingerprint density at radius 3 is 1.48 bits per heavy atom. The summed E-state index contributed by atoms with van der Waals surface area (Å²) >= 11 is 0. The van der Waals surface area contributed by atoms with E-state index in [1.165, 1.54) is 12.7 Å². The van der Waals surface area contributed by atoms with Crippen LogP contribution in [-0.4, -0.2) is 77.0 Å². The summed E-state index contributed by atoms with van der Waals surface area (Å²) < 4.78 is 3.32. The van der Waals surface area contributed by atoms with Crippen LogP contribution in [0.2, 0.25) is 0 Å². The zero-order valence-corrected chi connectivity index (χ0v) is 19.0. The average Bonchev–Trinajstić information content (AvgIpc) is 3.03. The molecule has 4 rings (SSSR count). The van der Waals surface area contributed by atoms with Crippen LogP contribution in [0.5, 0.6) is 0 Å². The maximum absolute atomic E-state index is 5.76. The van der Waals surface area contributed by atoms with Crippen LogP contribution in [0.4, 0.5) is 11.6 Å². The van der Waals surface area contributed by atoms with Crippen LogP contribution in [0.15, 0.2) is 25.3 Å². The Labute approximate surface area is 210 Å². The Balaban J connectivity index is -0.000000378. The largest absolute Gasteiger partial charge is 2.00 e. The van der Waals surface area contributed by atoms with Crippen molar-refractivity contribution in [1.82, 2.24) is 39.3 Å². The van der Waals surface area contributed by atoms with Gasteiger partial charge >= 0.3 is 96.9 Å². The number of nitrogens with zero attached hydrogens (tertiary/aromatic N) is 8. The summed E-state index contributed by atoms with van der Waals surface area (Å²) in [5, 5.41) is 0. The molecule has 0 spiro atoms. The Bertz CT molecular complexity index is 890. The van der Waals surface area contributed by atoms with Crippen molar-refractivity contribution >= 4 is 71.7 Å². The minimum atomic E-state index is 0. The monoisotopic (exact) mass is 358 g/mol. The summed E-state index contributed by atoms with van der Waals surface area (Å²) in [6, 6.07) is 0. The molecule has 0 radical (unpaired) electrons. The van der Waals surface area contributed by atoms with Gasteiger partial charge in [0.25, 0.3) is 0 Å². The van der Waals surface area contributed by atoms with Gasteiger partial charge < -0.3 is 17.2 Å². The van der Waals surface area contributed by atoms with Gasteiger partial charge in [-0.1, -0.05) is 0 Å². The molecule has 0 aliphatic heterocycles. The molecule has 106 valence electrons. The molecule has 10 nitrogen and oxygen atoms in total. The summed E-state index contributed by atoms with van der Waals surface area (Å²) in [5.41, 5.74) is 13.6. The van der Waals surface area contributed by atoms with Crippen molar-refractivity contribution in [2.75, 3.05) is 11.5 Å². The molecule has 23 heavy (non-hydrogen) atoms. The third-order valence-electron chi connectivity index (χ3n) is 2.92. The predicted octanol–water partition coefficient (Wildman–Crippen LogP) is -6.48. The van der Waals surface area contributed by atoms with Gasteiger partial charge in [0.1, 0.15) is 25.3 Å². The average molecular weight is 358 g/mol. The van der Waals surface area contributed by atoms with Gasteiger partial charge in [-0.05, 0) is 0 Å².